The van der Waals surface area contributed by atoms with E-state index in [2.05, 4.69) is 10.4 Å². The van der Waals surface area contributed by atoms with Gasteiger partial charge >= 0.3 is 6.09 Å². The van der Waals surface area contributed by atoms with Gasteiger partial charge in [-0.15, -0.1) is 0 Å². The molecule has 0 spiro atoms. The van der Waals surface area contributed by atoms with Crippen LogP contribution in [0.1, 0.15) is 25.3 Å². The smallest absolute Gasteiger partial charge is 0.407 e. The van der Waals surface area contributed by atoms with Crippen LogP contribution in [0.3, 0.4) is 0 Å². The number of fused-ring (bicyclic) bond motifs is 1. The summed E-state index contributed by atoms with van der Waals surface area (Å²) in [6.07, 6.45) is 2.05. The molecule has 1 saturated heterocycles. The predicted octanol–water partition coefficient (Wildman–Crippen LogP) is 4.97. The zero-order chi connectivity index (χ0) is 24.4. The number of carbonyl (C=O) groups excluding carboxylic acids is 2. The van der Waals surface area contributed by atoms with Gasteiger partial charge in [0, 0.05) is 17.5 Å². The molecule has 7 nitrogen and oxygen atoms in total. The SMILES string of the molecule is CCC1[C@@H](NC(=O)OCc2ccccc2)CC(=O)N1c1ccc2c(cnn2-c2ccc(F)cc2)c1. The molecule has 1 N–H and O–H groups in total. The van der Waals surface area contributed by atoms with Crippen LogP contribution in [0.15, 0.2) is 79.0 Å². The standard InChI is InChI=1S/C27H25FN4O3/c1-2-24-23(30-27(34)35-17-18-6-4-3-5-7-18)15-26(33)31(24)22-12-13-25-19(14-22)16-29-32(25)21-10-8-20(28)9-11-21/h3-14,16,23-24H,2,15,17H2,1H3,(H,30,34)/t23-,24?/m0/s1. The van der Waals surface area contributed by atoms with Crippen molar-refractivity contribution in [3.05, 3.63) is 90.4 Å². The van der Waals surface area contributed by atoms with Crippen molar-refractivity contribution in [1.82, 2.24) is 15.1 Å². The van der Waals surface area contributed by atoms with Gasteiger partial charge in [-0.3, -0.25) is 4.79 Å². The molecular formula is C27H25FN4O3. The molecule has 4 aromatic rings. The van der Waals surface area contributed by atoms with Gasteiger partial charge in [-0.05, 0) is 54.4 Å². The average molecular weight is 473 g/mol. The summed E-state index contributed by atoms with van der Waals surface area (Å²) in [5.74, 6) is -0.367. The monoisotopic (exact) mass is 472 g/mol. The van der Waals surface area contributed by atoms with Crippen LogP contribution in [0.2, 0.25) is 0 Å². The number of hydrogen-bond acceptors (Lipinski definition) is 4. The zero-order valence-corrected chi connectivity index (χ0v) is 19.2. The van der Waals surface area contributed by atoms with E-state index in [0.717, 1.165) is 27.8 Å². The molecule has 0 bridgehead atoms. The summed E-state index contributed by atoms with van der Waals surface area (Å²) >= 11 is 0. The number of benzene rings is 3. The normalized spacial score (nSPS) is 17.7. The predicted molar refractivity (Wildman–Crippen MR) is 131 cm³/mol. The quantitative estimate of drug-likeness (QED) is 0.430. The van der Waals surface area contributed by atoms with Crippen molar-refractivity contribution in [3.63, 3.8) is 0 Å². The number of rotatable bonds is 6. The fourth-order valence-corrected chi connectivity index (χ4v) is 4.61. The Morgan fingerprint density at radius 2 is 1.83 bits per heavy atom. The number of alkyl carbamates (subject to hydrolysis) is 1. The fourth-order valence-electron chi connectivity index (χ4n) is 4.61. The molecule has 1 unspecified atom stereocenters. The molecule has 1 fully saturated rings. The molecule has 35 heavy (non-hydrogen) atoms. The number of anilines is 1. The molecule has 5 rings (SSSR count). The van der Waals surface area contributed by atoms with Crippen LogP contribution in [-0.2, 0) is 16.1 Å². The van der Waals surface area contributed by atoms with Gasteiger partial charge in [0.15, 0.2) is 0 Å². The van der Waals surface area contributed by atoms with E-state index in [0.29, 0.717) is 6.42 Å². The van der Waals surface area contributed by atoms with Gasteiger partial charge in [-0.25, -0.2) is 13.9 Å². The Hall–Kier alpha value is -4.20. The second-order valence-electron chi connectivity index (χ2n) is 8.53. The Kier molecular flexibility index (Phi) is 6.18. The van der Waals surface area contributed by atoms with Crippen molar-refractivity contribution < 1.29 is 18.7 Å². The largest absolute Gasteiger partial charge is 0.445 e. The Morgan fingerprint density at radius 1 is 1.09 bits per heavy atom. The molecular weight excluding hydrogens is 447 g/mol. The minimum absolute atomic E-state index is 0.0597. The maximum atomic E-state index is 13.3. The molecule has 2 amide bonds. The molecule has 178 valence electrons. The highest BCUT2D eigenvalue weighted by Crippen LogP contribution is 2.32. The van der Waals surface area contributed by atoms with Gasteiger partial charge in [0.25, 0.3) is 0 Å². The minimum Gasteiger partial charge on any atom is -0.445 e. The van der Waals surface area contributed by atoms with E-state index in [1.54, 1.807) is 27.9 Å². The third kappa shape index (κ3) is 4.59. The summed E-state index contributed by atoms with van der Waals surface area (Å²) < 4.78 is 20.4. The summed E-state index contributed by atoms with van der Waals surface area (Å²) in [6.45, 7) is 2.16. The maximum Gasteiger partial charge on any atom is 0.407 e. The maximum absolute atomic E-state index is 13.3. The van der Waals surface area contributed by atoms with Crippen molar-refractivity contribution >= 4 is 28.6 Å². The summed E-state index contributed by atoms with van der Waals surface area (Å²) in [6, 6.07) is 20.7. The summed E-state index contributed by atoms with van der Waals surface area (Å²) in [5, 5.41) is 8.17. The number of amides is 2. The fraction of sp³-hybridized carbons (Fsp3) is 0.222. The first-order valence-corrected chi connectivity index (χ1v) is 11.6. The van der Waals surface area contributed by atoms with E-state index in [1.807, 2.05) is 55.5 Å². The van der Waals surface area contributed by atoms with Crippen molar-refractivity contribution in [2.75, 3.05) is 4.90 Å². The number of halogens is 1. The Labute approximate surface area is 202 Å². The lowest BCUT2D eigenvalue weighted by Gasteiger charge is -2.27. The number of ether oxygens (including phenoxy) is 1. The highest BCUT2D eigenvalue weighted by Gasteiger charge is 2.40. The van der Waals surface area contributed by atoms with Crippen LogP contribution in [0.5, 0.6) is 0 Å². The molecule has 2 atom stereocenters. The summed E-state index contributed by atoms with van der Waals surface area (Å²) in [4.78, 5) is 27.2. The molecule has 2 heterocycles. The number of aromatic nitrogens is 2. The van der Waals surface area contributed by atoms with Crippen molar-refractivity contribution in [3.8, 4) is 5.69 Å². The van der Waals surface area contributed by atoms with Gasteiger partial charge in [-0.2, -0.15) is 5.10 Å². The number of nitrogens with one attached hydrogen (secondary N) is 1. The van der Waals surface area contributed by atoms with E-state index in [-0.39, 0.29) is 36.8 Å². The number of carbonyl (C=O) groups is 2. The lowest BCUT2D eigenvalue weighted by Crippen LogP contribution is -2.45. The molecule has 8 heteroatoms. The van der Waals surface area contributed by atoms with Crippen molar-refractivity contribution in [2.45, 2.75) is 38.5 Å². The third-order valence-electron chi connectivity index (χ3n) is 6.29. The van der Waals surface area contributed by atoms with E-state index in [4.69, 9.17) is 4.74 Å². The second kappa shape index (κ2) is 9.58. The van der Waals surface area contributed by atoms with Gasteiger partial charge in [0.1, 0.15) is 12.4 Å². The van der Waals surface area contributed by atoms with Gasteiger partial charge < -0.3 is 15.0 Å². The molecule has 0 saturated carbocycles. The Bertz CT molecular complexity index is 1350. The first-order chi connectivity index (χ1) is 17.0. The van der Waals surface area contributed by atoms with Crippen molar-refractivity contribution in [1.29, 1.82) is 0 Å². The highest BCUT2D eigenvalue weighted by atomic mass is 19.1. The first-order valence-electron chi connectivity index (χ1n) is 11.6. The van der Waals surface area contributed by atoms with Crippen LogP contribution < -0.4 is 10.2 Å². The molecule has 1 aliphatic rings. The van der Waals surface area contributed by atoms with Crippen LogP contribution >= 0.6 is 0 Å². The minimum atomic E-state index is -0.539. The number of hydrogen-bond donors (Lipinski definition) is 1. The molecule has 1 aliphatic heterocycles. The van der Waals surface area contributed by atoms with E-state index < -0.39 is 6.09 Å². The van der Waals surface area contributed by atoms with E-state index >= 15 is 0 Å². The Morgan fingerprint density at radius 3 is 2.57 bits per heavy atom. The van der Waals surface area contributed by atoms with Crippen LogP contribution in [0.25, 0.3) is 16.6 Å². The van der Waals surface area contributed by atoms with E-state index in [1.165, 1.54) is 12.1 Å². The molecule has 0 aliphatic carbocycles. The Balaban J connectivity index is 1.32. The molecule has 1 aromatic heterocycles. The number of nitrogens with zero attached hydrogens (tertiary/aromatic N) is 3. The highest BCUT2D eigenvalue weighted by molar-refractivity contribution is 5.99. The summed E-state index contributed by atoms with van der Waals surface area (Å²) in [7, 11) is 0. The lowest BCUT2D eigenvalue weighted by atomic mass is 10.1. The van der Waals surface area contributed by atoms with Crippen LogP contribution in [-0.4, -0.2) is 33.9 Å². The second-order valence-corrected chi connectivity index (χ2v) is 8.53. The van der Waals surface area contributed by atoms with Crippen LogP contribution in [0.4, 0.5) is 14.9 Å². The van der Waals surface area contributed by atoms with Gasteiger partial charge in [-0.1, -0.05) is 37.3 Å². The zero-order valence-electron chi connectivity index (χ0n) is 19.2. The van der Waals surface area contributed by atoms with E-state index in [9.17, 15) is 14.0 Å². The van der Waals surface area contributed by atoms with Crippen molar-refractivity contribution in [2.24, 2.45) is 0 Å². The topological polar surface area (TPSA) is 76.5 Å². The van der Waals surface area contributed by atoms with Gasteiger partial charge in [0.05, 0.1) is 29.5 Å². The first kappa shape index (κ1) is 22.6. The van der Waals surface area contributed by atoms with Gasteiger partial charge in [0.2, 0.25) is 5.91 Å². The average Bonchev–Trinajstić information content (AvgIpc) is 3.43. The molecule has 3 aromatic carbocycles. The molecule has 0 radical (unpaired) electrons. The van der Waals surface area contributed by atoms with Crippen LogP contribution in [0, 0.1) is 5.82 Å². The lowest BCUT2D eigenvalue weighted by molar-refractivity contribution is -0.117. The third-order valence-corrected chi connectivity index (χ3v) is 6.29. The summed E-state index contributed by atoms with van der Waals surface area (Å²) in [5.41, 5.74) is 3.23.